The molecule has 0 radical (unpaired) electrons. The summed E-state index contributed by atoms with van der Waals surface area (Å²) in [5, 5.41) is 22.0. The number of hydrogen-bond acceptors (Lipinski definition) is 9. The lowest BCUT2D eigenvalue weighted by atomic mass is 9.83. The predicted octanol–water partition coefficient (Wildman–Crippen LogP) is 2.65. The molecule has 30 heavy (non-hydrogen) atoms. The standard InChI is InChI=1S/C20H11N3O7/c21-7-11-16(10-5-14-15(28-8-27-14)6-12(10)23(25)26)17-18(30-19(11)22)9-3-1-2-4-13(9)29-20(17)24/h1-6,16H,8,22H2. The van der Waals surface area contributed by atoms with Crippen molar-refractivity contribution in [2.75, 3.05) is 6.79 Å². The normalized spacial score (nSPS) is 16.7. The first-order chi connectivity index (χ1) is 14.5. The number of rotatable bonds is 2. The molecule has 2 aliphatic heterocycles. The first kappa shape index (κ1) is 17.6. The molecule has 1 unspecified atom stereocenters. The molecule has 2 aliphatic rings. The van der Waals surface area contributed by atoms with Crippen molar-refractivity contribution in [2.45, 2.75) is 5.92 Å². The van der Waals surface area contributed by atoms with Gasteiger partial charge in [0.25, 0.3) is 5.69 Å². The van der Waals surface area contributed by atoms with Gasteiger partial charge in [0.05, 0.1) is 27.9 Å². The van der Waals surface area contributed by atoms with Crippen LogP contribution in [0.4, 0.5) is 5.69 Å². The summed E-state index contributed by atoms with van der Waals surface area (Å²) < 4.78 is 21.6. The predicted molar refractivity (Wildman–Crippen MR) is 101 cm³/mol. The summed E-state index contributed by atoms with van der Waals surface area (Å²) in [7, 11) is 0. The molecule has 2 N–H and O–H groups in total. The van der Waals surface area contributed by atoms with Crippen LogP contribution in [0.15, 0.2) is 57.1 Å². The molecule has 0 aliphatic carbocycles. The third kappa shape index (κ3) is 2.39. The molecule has 1 aromatic heterocycles. The number of allylic oxidation sites excluding steroid dienone is 1. The van der Waals surface area contributed by atoms with Gasteiger partial charge in [-0.05, 0) is 18.2 Å². The number of para-hydroxylation sites is 1. The molecule has 148 valence electrons. The van der Waals surface area contributed by atoms with Gasteiger partial charge in [0, 0.05) is 5.56 Å². The van der Waals surface area contributed by atoms with Gasteiger partial charge in [0.1, 0.15) is 17.2 Å². The van der Waals surface area contributed by atoms with Gasteiger partial charge in [-0.25, -0.2) is 4.79 Å². The van der Waals surface area contributed by atoms with E-state index in [1.165, 1.54) is 12.1 Å². The van der Waals surface area contributed by atoms with Crippen LogP contribution in [0.1, 0.15) is 17.0 Å². The Morgan fingerprint density at radius 3 is 2.67 bits per heavy atom. The van der Waals surface area contributed by atoms with E-state index >= 15 is 0 Å². The summed E-state index contributed by atoms with van der Waals surface area (Å²) in [4.78, 5) is 24.1. The van der Waals surface area contributed by atoms with Gasteiger partial charge in [-0.15, -0.1) is 0 Å². The maximum Gasteiger partial charge on any atom is 0.344 e. The zero-order valence-corrected chi connectivity index (χ0v) is 15.1. The van der Waals surface area contributed by atoms with Gasteiger partial charge in [-0.2, -0.15) is 5.26 Å². The topological polar surface area (TPSA) is 151 Å². The second kappa shape index (κ2) is 6.25. The number of benzene rings is 2. The van der Waals surface area contributed by atoms with E-state index in [-0.39, 0.29) is 57.9 Å². The van der Waals surface area contributed by atoms with E-state index in [2.05, 4.69) is 0 Å². The van der Waals surface area contributed by atoms with E-state index in [1.54, 1.807) is 24.3 Å². The molecular weight excluding hydrogens is 394 g/mol. The van der Waals surface area contributed by atoms with Gasteiger partial charge in [-0.1, -0.05) is 12.1 Å². The first-order valence-electron chi connectivity index (χ1n) is 8.71. The van der Waals surface area contributed by atoms with Crippen molar-refractivity contribution < 1.29 is 23.6 Å². The highest BCUT2D eigenvalue weighted by molar-refractivity contribution is 5.86. The van der Waals surface area contributed by atoms with Crippen LogP contribution in [0, 0.1) is 21.4 Å². The molecule has 5 rings (SSSR count). The molecule has 0 bridgehead atoms. The average molecular weight is 405 g/mol. The van der Waals surface area contributed by atoms with E-state index in [0.717, 1.165) is 0 Å². The lowest BCUT2D eigenvalue weighted by molar-refractivity contribution is -0.385. The van der Waals surface area contributed by atoms with Crippen molar-refractivity contribution >= 4 is 16.7 Å². The molecular formula is C20H11N3O7. The number of nitrogens with two attached hydrogens (primary N) is 1. The molecule has 3 heterocycles. The smallest absolute Gasteiger partial charge is 0.344 e. The molecule has 1 atom stereocenters. The van der Waals surface area contributed by atoms with E-state index in [4.69, 9.17) is 24.4 Å². The maximum atomic E-state index is 12.9. The minimum Gasteiger partial charge on any atom is -0.454 e. The van der Waals surface area contributed by atoms with Gasteiger partial charge in [0.2, 0.25) is 12.7 Å². The number of nitrogens with zero attached hydrogens (tertiary/aromatic N) is 2. The van der Waals surface area contributed by atoms with Crippen LogP contribution in [0.3, 0.4) is 0 Å². The molecule has 0 saturated carbocycles. The van der Waals surface area contributed by atoms with Crippen molar-refractivity contribution in [3.05, 3.63) is 79.5 Å². The fraction of sp³-hybridized carbons (Fsp3) is 0.100. The fourth-order valence-corrected chi connectivity index (χ4v) is 3.71. The highest BCUT2D eigenvalue weighted by Crippen LogP contribution is 2.48. The molecule has 10 heteroatoms. The monoisotopic (exact) mass is 405 g/mol. The Bertz CT molecular complexity index is 1380. The molecule has 10 nitrogen and oxygen atoms in total. The largest absolute Gasteiger partial charge is 0.454 e. The number of ether oxygens (including phenoxy) is 3. The third-order valence-corrected chi connectivity index (χ3v) is 5.00. The van der Waals surface area contributed by atoms with Crippen molar-refractivity contribution in [3.63, 3.8) is 0 Å². The molecule has 3 aromatic rings. The highest BCUT2D eigenvalue weighted by atomic mass is 16.7. The van der Waals surface area contributed by atoms with Gasteiger partial charge in [0.15, 0.2) is 17.2 Å². The summed E-state index contributed by atoms with van der Waals surface area (Å²) in [6.45, 7) is -0.101. The van der Waals surface area contributed by atoms with E-state index in [0.29, 0.717) is 5.39 Å². The second-order valence-corrected chi connectivity index (χ2v) is 6.57. The Labute approximate surface area is 167 Å². The van der Waals surface area contributed by atoms with Gasteiger partial charge >= 0.3 is 5.63 Å². The van der Waals surface area contributed by atoms with Gasteiger partial charge < -0.3 is 24.4 Å². The second-order valence-electron chi connectivity index (χ2n) is 6.57. The van der Waals surface area contributed by atoms with E-state index in [1.807, 2.05) is 6.07 Å². The van der Waals surface area contributed by atoms with Crippen LogP contribution in [0.25, 0.3) is 11.0 Å². The minimum absolute atomic E-state index is 0.0379. The first-order valence-corrected chi connectivity index (χ1v) is 8.71. The van der Waals surface area contributed by atoms with Crippen LogP contribution >= 0.6 is 0 Å². The Morgan fingerprint density at radius 1 is 1.20 bits per heavy atom. The molecule has 0 amide bonds. The summed E-state index contributed by atoms with van der Waals surface area (Å²) in [6, 6.07) is 11.1. The number of hydrogen-bond donors (Lipinski definition) is 1. The molecule has 0 saturated heterocycles. The number of nitro benzene ring substituents is 1. The van der Waals surface area contributed by atoms with Crippen LogP contribution in [0.5, 0.6) is 17.2 Å². The summed E-state index contributed by atoms with van der Waals surface area (Å²) in [5.74, 6) is -0.897. The summed E-state index contributed by atoms with van der Waals surface area (Å²) in [5.41, 5.74) is 4.94. The van der Waals surface area contributed by atoms with E-state index in [9.17, 15) is 20.2 Å². The summed E-state index contributed by atoms with van der Waals surface area (Å²) >= 11 is 0. The van der Waals surface area contributed by atoms with Crippen molar-refractivity contribution in [3.8, 4) is 23.3 Å². The van der Waals surface area contributed by atoms with Crippen LogP contribution < -0.4 is 25.6 Å². The van der Waals surface area contributed by atoms with Crippen molar-refractivity contribution in [2.24, 2.45) is 5.73 Å². The minimum atomic E-state index is -1.19. The Morgan fingerprint density at radius 2 is 1.93 bits per heavy atom. The summed E-state index contributed by atoms with van der Waals surface area (Å²) in [6.07, 6.45) is 0. The highest BCUT2D eigenvalue weighted by Gasteiger charge is 2.40. The number of nitriles is 1. The Kier molecular flexibility index (Phi) is 3.66. The van der Waals surface area contributed by atoms with Crippen molar-refractivity contribution in [1.82, 2.24) is 0 Å². The Balaban J connectivity index is 1.88. The Hall–Kier alpha value is -4.52. The lowest BCUT2D eigenvalue weighted by Crippen LogP contribution is -2.26. The quantitative estimate of drug-likeness (QED) is 0.385. The lowest BCUT2D eigenvalue weighted by Gasteiger charge is -2.25. The SMILES string of the molecule is N#CC1=C(N)Oc2c(c(=O)oc3ccccc23)C1c1cc2c(cc1[N+](=O)[O-])OCO2. The van der Waals surface area contributed by atoms with Gasteiger partial charge in [-0.3, -0.25) is 10.1 Å². The number of nitro groups is 1. The zero-order valence-electron chi connectivity index (χ0n) is 15.1. The van der Waals surface area contributed by atoms with Crippen LogP contribution in [0.2, 0.25) is 0 Å². The average Bonchev–Trinajstić information content (AvgIpc) is 3.19. The number of fused-ring (bicyclic) bond motifs is 4. The third-order valence-electron chi connectivity index (χ3n) is 5.00. The van der Waals surface area contributed by atoms with Crippen molar-refractivity contribution in [1.29, 1.82) is 5.26 Å². The van der Waals surface area contributed by atoms with Crippen LogP contribution in [-0.4, -0.2) is 11.7 Å². The van der Waals surface area contributed by atoms with E-state index < -0.39 is 16.5 Å². The van der Waals surface area contributed by atoms with Crippen LogP contribution in [-0.2, 0) is 0 Å². The maximum absolute atomic E-state index is 12.9. The molecule has 0 fully saturated rings. The molecule has 2 aromatic carbocycles. The molecule has 0 spiro atoms. The zero-order chi connectivity index (χ0) is 21.0. The fourth-order valence-electron chi connectivity index (χ4n) is 3.71.